The van der Waals surface area contributed by atoms with Gasteiger partial charge in [-0.1, -0.05) is 30.2 Å². The second-order valence-electron chi connectivity index (χ2n) is 6.58. The van der Waals surface area contributed by atoms with Crippen LogP contribution < -0.4 is 5.32 Å². The molecule has 10 heteroatoms. The molecule has 4 rings (SSSR count). The molecular formula is C19H18ClN3O3S3. The number of thiazole rings is 1. The largest absolute Gasteiger partial charge is 0.297 e. The summed E-state index contributed by atoms with van der Waals surface area (Å²) in [6.45, 7) is 0.992. The van der Waals surface area contributed by atoms with Gasteiger partial charge in [-0.05, 0) is 36.4 Å². The van der Waals surface area contributed by atoms with Crippen LogP contribution in [0, 0.1) is 0 Å². The van der Waals surface area contributed by atoms with E-state index in [4.69, 9.17) is 11.6 Å². The molecular weight excluding hydrogens is 450 g/mol. The van der Waals surface area contributed by atoms with Crippen LogP contribution in [0.5, 0.6) is 0 Å². The quantitative estimate of drug-likeness (QED) is 0.575. The van der Waals surface area contributed by atoms with Crippen molar-refractivity contribution in [3.8, 4) is 11.3 Å². The zero-order chi connectivity index (χ0) is 20.4. The Morgan fingerprint density at radius 3 is 2.52 bits per heavy atom. The average molecular weight is 468 g/mol. The van der Waals surface area contributed by atoms with E-state index in [1.165, 1.54) is 21.7 Å². The van der Waals surface area contributed by atoms with Gasteiger partial charge in [0.05, 0.1) is 5.69 Å². The number of nitrogens with zero attached hydrogens (tertiary/aromatic N) is 2. The highest BCUT2D eigenvalue weighted by atomic mass is 35.5. The Balaban J connectivity index is 1.53. The minimum Gasteiger partial charge on any atom is -0.297 e. The van der Waals surface area contributed by atoms with Crippen molar-refractivity contribution in [1.82, 2.24) is 9.29 Å². The lowest BCUT2D eigenvalue weighted by Crippen LogP contribution is -2.36. The summed E-state index contributed by atoms with van der Waals surface area (Å²) in [6, 6.07) is 8.76. The molecule has 0 bridgehead atoms. The standard InChI is InChI=1S/C19H18ClN3O3S3/c20-14-6-4-13(5-7-14)15-12-28-19(21-15)22-18(24)17-16(8-11-27-17)29(25,26)23-9-2-1-3-10-23/h4-8,11-12H,1-3,9-10H2,(H,21,22,24). The summed E-state index contributed by atoms with van der Waals surface area (Å²) in [5, 5.41) is 7.24. The fourth-order valence-electron chi connectivity index (χ4n) is 3.15. The Morgan fingerprint density at radius 2 is 1.79 bits per heavy atom. The van der Waals surface area contributed by atoms with Gasteiger partial charge in [-0.2, -0.15) is 4.31 Å². The number of aromatic nitrogens is 1. The van der Waals surface area contributed by atoms with Gasteiger partial charge in [0.1, 0.15) is 9.77 Å². The van der Waals surface area contributed by atoms with Gasteiger partial charge in [-0.15, -0.1) is 22.7 Å². The maximum atomic E-state index is 13.0. The lowest BCUT2D eigenvalue weighted by molar-refractivity contribution is 0.102. The van der Waals surface area contributed by atoms with Crippen LogP contribution in [-0.4, -0.2) is 36.7 Å². The number of hydrogen-bond donors (Lipinski definition) is 1. The molecule has 1 saturated heterocycles. The molecule has 2 aromatic heterocycles. The molecule has 1 amide bonds. The number of rotatable bonds is 5. The van der Waals surface area contributed by atoms with Crippen molar-refractivity contribution in [2.75, 3.05) is 18.4 Å². The van der Waals surface area contributed by atoms with Crippen molar-refractivity contribution in [2.45, 2.75) is 24.2 Å². The van der Waals surface area contributed by atoms with Crippen molar-refractivity contribution in [3.63, 3.8) is 0 Å². The number of anilines is 1. The highest BCUT2D eigenvalue weighted by molar-refractivity contribution is 7.89. The summed E-state index contributed by atoms with van der Waals surface area (Å²) in [4.78, 5) is 17.5. The molecule has 1 aliphatic heterocycles. The van der Waals surface area contributed by atoms with Crippen LogP contribution in [-0.2, 0) is 10.0 Å². The van der Waals surface area contributed by atoms with Crippen LogP contribution in [0.1, 0.15) is 28.9 Å². The molecule has 0 spiro atoms. The lowest BCUT2D eigenvalue weighted by Gasteiger charge is -2.25. The lowest BCUT2D eigenvalue weighted by atomic mass is 10.2. The molecule has 3 aromatic rings. The first-order chi connectivity index (χ1) is 13.9. The van der Waals surface area contributed by atoms with Crippen molar-refractivity contribution < 1.29 is 13.2 Å². The zero-order valence-corrected chi connectivity index (χ0v) is 18.5. The third-order valence-electron chi connectivity index (χ3n) is 4.63. The number of carbonyl (C=O) groups excluding carboxylic acids is 1. The highest BCUT2D eigenvalue weighted by Gasteiger charge is 2.31. The summed E-state index contributed by atoms with van der Waals surface area (Å²) < 4.78 is 27.4. The number of sulfonamides is 1. The Kier molecular flexibility index (Phi) is 6.03. The number of hydrogen-bond acceptors (Lipinski definition) is 6. The Labute approximate surface area is 182 Å². The van der Waals surface area contributed by atoms with E-state index in [-0.39, 0.29) is 9.77 Å². The first kappa shape index (κ1) is 20.5. The molecule has 6 nitrogen and oxygen atoms in total. The van der Waals surface area contributed by atoms with Crippen LogP contribution in [0.4, 0.5) is 5.13 Å². The van der Waals surface area contributed by atoms with Crippen LogP contribution >= 0.6 is 34.3 Å². The molecule has 0 aliphatic carbocycles. The second kappa shape index (κ2) is 8.53. The topological polar surface area (TPSA) is 79.4 Å². The van der Waals surface area contributed by atoms with E-state index >= 15 is 0 Å². The van der Waals surface area contributed by atoms with E-state index in [2.05, 4.69) is 10.3 Å². The molecule has 3 heterocycles. The molecule has 0 atom stereocenters. The summed E-state index contributed by atoms with van der Waals surface area (Å²) in [7, 11) is -3.68. The maximum Gasteiger partial charge on any atom is 0.268 e. The fraction of sp³-hybridized carbons (Fsp3) is 0.263. The molecule has 1 aromatic carbocycles. The van der Waals surface area contributed by atoms with E-state index in [1.807, 2.05) is 17.5 Å². The van der Waals surface area contributed by atoms with Crippen LogP contribution in [0.15, 0.2) is 46.0 Å². The number of benzene rings is 1. The minimum atomic E-state index is -3.68. The van der Waals surface area contributed by atoms with Gasteiger partial charge in [0.25, 0.3) is 5.91 Å². The molecule has 1 N–H and O–H groups in total. The van der Waals surface area contributed by atoms with E-state index in [9.17, 15) is 13.2 Å². The van der Waals surface area contributed by atoms with Crippen molar-refractivity contribution >= 4 is 55.3 Å². The molecule has 152 valence electrons. The summed E-state index contributed by atoms with van der Waals surface area (Å²) in [5.41, 5.74) is 1.60. The van der Waals surface area contributed by atoms with Crippen LogP contribution in [0.2, 0.25) is 5.02 Å². The third kappa shape index (κ3) is 4.39. The Bertz CT molecular complexity index is 1120. The monoisotopic (exact) mass is 467 g/mol. The molecule has 0 saturated carbocycles. The number of halogens is 1. The van der Waals surface area contributed by atoms with Crippen molar-refractivity contribution in [1.29, 1.82) is 0 Å². The van der Waals surface area contributed by atoms with Gasteiger partial charge in [0.2, 0.25) is 10.0 Å². The van der Waals surface area contributed by atoms with Crippen LogP contribution in [0.3, 0.4) is 0 Å². The van der Waals surface area contributed by atoms with Crippen molar-refractivity contribution in [3.05, 3.63) is 51.0 Å². The number of thiophene rings is 1. The number of nitrogens with one attached hydrogen (secondary N) is 1. The first-order valence-electron chi connectivity index (χ1n) is 9.05. The number of piperidine rings is 1. The maximum absolute atomic E-state index is 13.0. The highest BCUT2D eigenvalue weighted by Crippen LogP contribution is 2.30. The predicted octanol–water partition coefficient (Wildman–Crippen LogP) is 4.95. The summed E-state index contributed by atoms with van der Waals surface area (Å²) >= 11 is 8.31. The van der Waals surface area contributed by atoms with Gasteiger partial charge in [-0.25, -0.2) is 13.4 Å². The predicted molar refractivity (Wildman–Crippen MR) is 117 cm³/mol. The minimum absolute atomic E-state index is 0.0661. The molecule has 0 unspecified atom stereocenters. The molecule has 29 heavy (non-hydrogen) atoms. The van der Waals surface area contributed by atoms with Gasteiger partial charge < -0.3 is 0 Å². The van der Waals surface area contributed by atoms with Gasteiger partial charge >= 0.3 is 0 Å². The summed E-state index contributed by atoms with van der Waals surface area (Å²) in [6.07, 6.45) is 2.72. The Hall–Kier alpha value is -1.78. The fourth-order valence-corrected chi connectivity index (χ4v) is 6.80. The summed E-state index contributed by atoms with van der Waals surface area (Å²) in [5.74, 6) is -0.465. The average Bonchev–Trinajstić information content (AvgIpc) is 3.39. The van der Waals surface area contributed by atoms with Gasteiger partial charge in [0, 0.05) is 29.1 Å². The SMILES string of the molecule is O=C(Nc1nc(-c2ccc(Cl)cc2)cs1)c1sccc1S(=O)(=O)N1CCCCC1. The first-order valence-corrected chi connectivity index (χ1v) is 12.6. The third-order valence-corrected chi connectivity index (χ3v) is 8.63. The van der Waals surface area contributed by atoms with E-state index in [1.54, 1.807) is 17.5 Å². The smallest absolute Gasteiger partial charge is 0.268 e. The van der Waals surface area contributed by atoms with Crippen molar-refractivity contribution in [2.24, 2.45) is 0 Å². The van der Waals surface area contributed by atoms with E-state index in [0.717, 1.165) is 36.2 Å². The van der Waals surface area contributed by atoms with Crippen LogP contribution in [0.25, 0.3) is 11.3 Å². The van der Waals surface area contributed by atoms with Gasteiger partial charge in [0.15, 0.2) is 5.13 Å². The second-order valence-corrected chi connectivity index (χ2v) is 10.7. The van der Waals surface area contributed by atoms with E-state index < -0.39 is 15.9 Å². The number of amides is 1. The molecule has 0 radical (unpaired) electrons. The zero-order valence-electron chi connectivity index (χ0n) is 15.3. The number of carbonyl (C=O) groups is 1. The Morgan fingerprint density at radius 1 is 1.07 bits per heavy atom. The molecule has 1 fully saturated rings. The normalized spacial score (nSPS) is 15.3. The molecule has 1 aliphatic rings. The van der Waals surface area contributed by atoms with E-state index in [0.29, 0.717) is 28.9 Å². The van der Waals surface area contributed by atoms with Gasteiger partial charge in [-0.3, -0.25) is 10.1 Å².